The van der Waals surface area contributed by atoms with Crippen molar-refractivity contribution < 1.29 is 14.6 Å². The molecule has 0 aromatic carbocycles. The number of fused-ring (bicyclic) bond motifs is 1. The Morgan fingerprint density at radius 1 is 1.77 bits per heavy atom. The number of ether oxygens (including phenoxy) is 1. The first kappa shape index (κ1) is 8.10. The van der Waals surface area contributed by atoms with Gasteiger partial charge in [0.2, 0.25) is 5.88 Å². The van der Waals surface area contributed by atoms with Crippen molar-refractivity contribution in [2.75, 3.05) is 6.61 Å². The van der Waals surface area contributed by atoms with Crippen LogP contribution in [0.2, 0.25) is 0 Å². The first-order valence-corrected chi connectivity index (χ1v) is 3.97. The van der Waals surface area contributed by atoms with E-state index in [9.17, 15) is 4.79 Å². The fourth-order valence-corrected chi connectivity index (χ4v) is 1.36. The van der Waals surface area contributed by atoms with Crippen LogP contribution in [0.15, 0.2) is 6.20 Å². The molecule has 1 aliphatic heterocycles. The number of hydrogen-bond donors (Lipinski definition) is 1. The second kappa shape index (κ2) is 2.25. The van der Waals surface area contributed by atoms with Crippen LogP contribution in [-0.4, -0.2) is 27.5 Å². The predicted molar refractivity (Wildman–Crippen MR) is 44.0 cm³/mol. The van der Waals surface area contributed by atoms with E-state index in [4.69, 9.17) is 9.84 Å². The molecule has 5 heteroatoms. The molecule has 5 nitrogen and oxygen atoms in total. The molecule has 0 saturated heterocycles. The molecule has 0 unspecified atom stereocenters. The SMILES string of the molecule is CC1(C)COc2c(C(=O)O)cnn21. The summed E-state index contributed by atoms with van der Waals surface area (Å²) in [7, 11) is 0. The van der Waals surface area contributed by atoms with E-state index in [0.717, 1.165) is 0 Å². The molecule has 2 heterocycles. The molecule has 0 amide bonds. The Kier molecular flexibility index (Phi) is 1.40. The van der Waals surface area contributed by atoms with Crippen molar-refractivity contribution in [3.63, 3.8) is 0 Å². The third kappa shape index (κ3) is 0.998. The lowest BCUT2D eigenvalue weighted by molar-refractivity contribution is 0.0693. The van der Waals surface area contributed by atoms with Gasteiger partial charge in [0.05, 0.1) is 11.7 Å². The molecule has 0 fully saturated rings. The molecule has 0 spiro atoms. The maximum absolute atomic E-state index is 10.7. The average molecular weight is 182 g/mol. The van der Waals surface area contributed by atoms with Crippen molar-refractivity contribution >= 4 is 5.97 Å². The fraction of sp³-hybridized carbons (Fsp3) is 0.500. The zero-order chi connectivity index (χ0) is 9.64. The van der Waals surface area contributed by atoms with E-state index in [1.807, 2.05) is 13.8 Å². The molecular formula is C8H10N2O3. The monoisotopic (exact) mass is 182 g/mol. The minimum Gasteiger partial charge on any atom is -0.477 e. The number of carboxylic acids is 1. The molecule has 13 heavy (non-hydrogen) atoms. The first-order valence-electron chi connectivity index (χ1n) is 3.97. The van der Waals surface area contributed by atoms with Gasteiger partial charge in [0, 0.05) is 0 Å². The molecule has 0 aliphatic carbocycles. The molecule has 1 aliphatic rings. The van der Waals surface area contributed by atoms with E-state index in [1.54, 1.807) is 4.68 Å². The van der Waals surface area contributed by atoms with Gasteiger partial charge in [-0.1, -0.05) is 0 Å². The number of carbonyl (C=O) groups is 1. The third-order valence-electron chi connectivity index (χ3n) is 2.09. The maximum Gasteiger partial charge on any atom is 0.342 e. The number of aromatic nitrogens is 2. The summed E-state index contributed by atoms with van der Waals surface area (Å²) < 4.78 is 6.87. The van der Waals surface area contributed by atoms with Gasteiger partial charge in [0.25, 0.3) is 0 Å². The molecule has 70 valence electrons. The van der Waals surface area contributed by atoms with E-state index in [-0.39, 0.29) is 11.1 Å². The highest BCUT2D eigenvalue weighted by Gasteiger charge is 2.35. The van der Waals surface area contributed by atoms with Gasteiger partial charge >= 0.3 is 5.97 Å². The van der Waals surface area contributed by atoms with Gasteiger partial charge in [-0.15, -0.1) is 0 Å². The molecule has 1 N–H and O–H groups in total. The Labute approximate surface area is 74.9 Å². The number of hydrogen-bond acceptors (Lipinski definition) is 3. The Morgan fingerprint density at radius 3 is 3.08 bits per heavy atom. The number of rotatable bonds is 1. The third-order valence-corrected chi connectivity index (χ3v) is 2.09. The topological polar surface area (TPSA) is 64.3 Å². The summed E-state index contributed by atoms with van der Waals surface area (Å²) in [5.41, 5.74) is -0.117. The van der Waals surface area contributed by atoms with Crippen LogP contribution in [0, 0.1) is 0 Å². The van der Waals surface area contributed by atoms with Crippen molar-refractivity contribution in [1.82, 2.24) is 9.78 Å². The summed E-state index contributed by atoms with van der Waals surface area (Å²) in [5.74, 6) is -0.642. The van der Waals surface area contributed by atoms with Crippen molar-refractivity contribution in [3.8, 4) is 5.88 Å². The van der Waals surface area contributed by atoms with Gasteiger partial charge in [-0.2, -0.15) is 5.10 Å². The summed E-state index contributed by atoms with van der Waals surface area (Å²) in [4.78, 5) is 10.7. The molecule has 0 atom stereocenters. The first-order chi connectivity index (χ1) is 6.02. The van der Waals surface area contributed by atoms with Gasteiger partial charge in [-0.25, -0.2) is 9.48 Å². The Bertz CT molecular complexity index is 367. The molecule has 1 aromatic rings. The van der Waals surface area contributed by atoms with Crippen molar-refractivity contribution in [2.24, 2.45) is 0 Å². The highest BCUT2D eigenvalue weighted by atomic mass is 16.5. The second-order valence-corrected chi connectivity index (χ2v) is 3.68. The van der Waals surface area contributed by atoms with Gasteiger partial charge in [0.15, 0.2) is 0 Å². The Balaban J connectivity index is 2.54. The van der Waals surface area contributed by atoms with Crippen LogP contribution in [0.5, 0.6) is 5.88 Å². The largest absolute Gasteiger partial charge is 0.477 e. The highest BCUT2D eigenvalue weighted by Crippen LogP contribution is 2.32. The summed E-state index contributed by atoms with van der Waals surface area (Å²) in [6.07, 6.45) is 1.32. The standard InChI is InChI=1S/C8H10N2O3/c1-8(2)4-13-6-5(7(11)12)3-9-10(6)8/h3H,4H2,1-2H3,(H,11,12). The van der Waals surface area contributed by atoms with Crippen LogP contribution in [-0.2, 0) is 5.54 Å². The van der Waals surface area contributed by atoms with Crippen molar-refractivity contribution in [1.29, 1.82) is 0 Å². The van der Waals surface area contributed by atoms with E-state index < -0.39 is 5.97 Å². The van der Waals surface area contributed by atoms with E-state index >= 15 is 0 Å². The summed E-state index contributed by atoms with van der Waals surface area (Å²) in [6.45, 7) is 4.36. The highest BCUT2D eigenvalue weighted by molar-refractivity contribution is 5.90. The molecule has 1 aromatic heterocycles. The summed E-state index contributed by atoms with van der Waals surface area (Å²) in [5, 5.41) is 12.8. The van der Waals surface area contributed by atoms with Gasteiger partial charge in [-0.3, -0.25) is 0 Å². The quantitative estimate of drug-likeness (QED) is 0.694. The van der Waals surface area contributed by atoms with Crippen LogP contribution < -0.4 is 4.74 Å². The Hall–Kier alpha value is -1.52. The van der Waals surface area contributed by atoms with E-state index in [2.05, 4.69) is 5.10 Å². The number of nitrogens with zero attached hydrogens (tertiary/aromatic N) is 2. The molecule has 0 saturated carbocycles. The van der Waals surface area contributed by atoms with E-state index in [0.29, 0.717) is 12.5 Å². The fourth-order valence-electron chi connectivity index (χ4n) is 1.36. The normalized spacial score (nSPS) is 18.0. The van der Waals surface area contributed by atoms with Gasteiger partial charge in [0.1, 0.15) is 12.2 Å². The average Bonchev–Trinajstić information content (AvgIpc) is 2.52. The lowest BCUT2D eigenvalue weighted by Gasteiger charge is -2.14. The van der Waals surface area contributed by atoms with Crippen LogP contribution in [0.3, 0.4) is 0 Å². The lowest BCUT2D eigenvalue weighted by Crippen LogP contribution is -2.26. The predicted octanol–water partition coefficient (Wildman–Crippen LogP) is 0.709. The Morgan fingerprint density at radius 2 is 2.46 bits per heavy atom. The van der Waals surface area contributed by atoms with Crippen LogP contribution in [0.1, 0.15) is 24.2 Å². The number of carboxylic acid groups (broad SMARTS) is 1. The molecule has 0 bridgehead atoms. The van der Waals surface area contributed by atoms with Crippen LogP contribution in [0.25, 0.3) is 0 Å². The van der Waals surface area contributed by atoms with Gasteiger partial charge < -0.3 is 9.84 Å². The smallest absolute Gasteiger partial charge is 0.342 e. The molecular weight excluding hydrogens is 172 g/mol. The van der Waals surface area contributed by atoms with Crippen LogP contribution in [0.4, 0.5) is 0 Å². The summed E-state index contributed by atoms with van der Waals surface area (Å²) in [6, 6.07) is 0. The second-order valence-electron chi connectivity index (χ2n) is 3.68. The zero-order valence-electron chi connectivity index (χ0n) is 7.44. The molecule has 0 radical (unpaired) electrons. The van der Waals surface area contributed by atoms with Gasteiger partial charge in [-0.05, 0) is 13.8 Å². The minimum absolute atomic E-state index is 0.130. The van der Waals surface area contributed by atoms with Crippen molar-refractivity contribution in [3.05, 3.63) is 11.8 Å². The van der Waals surface area contributed by atoms with E-state index in [1.165, 1.54) is 6.20 Å². The maximum atomic E-state index is 10.7. The molecule has 2 rings (SSSR count). The number of aromatic carboxylic acids is 1. The summed E-state index contributed by atoms with van der Waals surface area (Å²) >= 11 is 0. The van der Waals surface area contributed by atoms with Crippen molar-refractivity contribution in [2.45, 2.75) is 19.4 Å². The lowest BCUT2D eigenvalue weighted by atomic mass is 10.1. The zero-order valence-corrected chi connectivity index (χ0v) is 7.44. The minimum atomic E-state index is -1.00. The van der Waals surface area contributed by atoms with Crippen LogP contribution >= 0.6 is 0 Å².